The number of hydrogen-bond donors (Lipinski definition) is 1. The molecule has 60 heavy (non-hydrogen) atoms. The van der Waals surface area contributed by atoms with Crippen molar-refractivity contribution in [1.29, 1.82) is 0 Å². The Hall–Kier alpha value is -1.97. The van der Waals surface area contributed by atoms with Crippen molar-refractivity contribution in [2.75, 3.05) is 47.5 Å². The van der Waals surface area contributed by atoms with Crippen LogP contribution in [0.25, 0.3) is 0 Å². The Morgan fingerprint density at radius 1 is 0.483 bits per heavy atom. The lowest BCUT2D eigenvalue weighted by Crippen LogP contribution is -2.40. The molecule has 0 spiro atoms. The zero-order valence-corrected chi connectivity index (χ0v) is 40.1. The Labute approximate surface area is 370 Å². The second-order valence-corrected chi connectivity index (χ2v) is 18.5. The van der Waals surface area contributed by atoms with Gasteiger partial charge in [-0.2, -0.15) is 0 Å². The summed E-state index contributed by atoms with van der Waals surface area (Å²) >= 11 is 0. The number of esters is 2. The van der Waals surface area contributed by atoms with Crippen molar-refractivity contribution in [3.63, 3.8) is 0 Å². The molecule has 0 aromatic heterocycles. The summed E-state index contributed by atoms with van der Waals surface area (Å²) in [5.74, 6) is -2.00. The molecule has 0 bridgehead atoms. The molecule has 9 heteroatoms. The van der Waals surface area contributed by atoms with Crippen LogP contribution in [-0.4, -0.2) is 87.4 Å². The standard InChI is InChI=1S/C51H97NO8/c1-6-8-10-12-14-15-16-17-18-19-20-21-22-23-24-25-26-27-28-29-30-31-32-33-34-35-36-38-40-42-49(54)60-47(45-58-48(53)41-39-37-13-11-9-7-2)46-59-51(50(55)56)57-44-43-52(3,4)5/h19-20,47,51H,6-18,21-46H2,1-5H3/p+1/b20-19-. The van der Waals surface area contributed by atoms with Crippen LogP contribution in [0.2, 0.25) is 0 Å². The van der Waals surface area contributed by atoms with Crippen LogP contribution in [-0.2, 0) is 33.3 Å². The Kier molecular flexibility index (Phi) is 42.2. The van der Waals surface area contributed by atoms with Crippen molar-refractivity contribution >= 4 is 17.9 Å². The molecule has 2 unspecified atom stereocenters. The van der Waals surface area contributed by atoms with Crippen LogP contribution in [0.4, 0.5) is 0 Å². The molecule has 0 aliphatic heterocycles. The van der Waals surface area contributed by atoms with Crippen LogP contribution < -0.4 is 0 Å². The second kappa shape index (κ2) is 43.7. The van der Waals surface area contributed by atoms with Crippen LogP contribution >= 0.6 is 0 Å². The van der Waals surface area contributed by atoms with Gasteiger partial charge in [0.25, 0.3) is 6.29 Å². The zero-order chi connectivity index (χ0) is 44.2. The molecule has 0 aliphatic carbocycles. The van der Waals surface area contributed by atoms with E-state index in [4.69, 9.17) is 18.9 Å². The Bertz CT molecular complexity index is 996. The first-order valence-corrected chi connectivity index (χ1v) is 25.4. The minimum Gasteiger partial charge on any atom is -0.477 e. The fourth-order valence-electron chi connectivity index (χ4n) is 7.30. The summed E-state index contributed by atoms with van der Waals surface area (Å²) in [4.78, 5) is 36.9. The van der Waals surface area contributed by atoms with Gasteiger partial charge < -0.3 is 28.5 Å². The molecule has 0 aromatic rings. The van der Waals surface area contributed by atoms with Gasteiger partial charge in [0.05, 0.1) is 34.4 Å². The van der Waals surface area contributed by atoms with Crippen LogP contribution in [0.5, 0.6) is 0 Å². The second-order valence-electron chi connectivity index (χ2n) is 18.5. The maximum absolute atomic E-state index is 12.7. The maximum Gasteiger partial charge on any atom is 0.361 e. The molecule has 1 N–H and O–H groups in total. The third kappa shape index (κ3) is 44.1. The topological polar surface area (TPSA) is 108 Å². The smallest absolute Gasteiger partial charge is 0.361 e. The molecule has 0 saturated heterocycles. The van der Waals surface area contributed by atoms with E-state index in [1.165, 1.54) is 173 Å². The zero-order valence-electron chi connectivity index (χ0n) is 40.1. The number of carbonyl (C=O) groups excluding carboxylic acids is 2. The van der Waals surface area contributed by atoms with E-state index in [9.17, 15) is 19.5 Å². The summed E-state index contributed by atoms with van der Waals surface area (Å²) in [5.41, 5.74) is 0. The average Bonchev–Trinajstić information content (AvgIpc) is 3.21. The molecule has 354 valence electrons. The molecular weight excluding hydrogens is 755 g/mol. The summed E-state index contributed by atoms with van der Waals surface area (Å²) < 4.78 is 22.6. The predicted octanol–water partition coefficient (Wildman–Crippen LogP) is 13.8. The number of carboxylic acid groups (broad SMARTS) is 1. The fraction of sp³-hybridized carbons (Fsp3) is 0.902. The van der Waals surface area contributed by atoms with E-state index in [0.29, 0.717) is 17.4 Å². The molecule has 0 amide bonds. The van der Waals surface area contributed by atoms with Crippen molar-refractivity contribution in [2.45, 2.75) is 251 Å². The molecule has 0 rings (SSSR count). The number of rotatable bonds is 47. The summed E-state index contributed by atoms with van der Waals surface area (Å²) in [6.45, 7) is 4.83. The number of unbranched alkanes of at least 4 members (excludes halogenated alkanes) is 30. The number of quaternary nitrogens is 1. The molecule has 2 atom stereocenters. The third-order valence-electron chi connectivity index (χ3n) is 11.3. The Balaban J connectivity index is 3.99. The summed E-state index contributed by atoms with van der Waals surface area (Å²) in [5, 5.41) is 9.61. The lowest BCUT2D eigenvalue weighted by Gasteiger charge is -2.25. The van der Waals surface area contributed by atoms with Crippen LogP contribution in [0.3, 0.4) is 0 Å². The van der Waals surface area contributed by atoms with E-state index < -0.39 is 24.3 Å². The highest BCUT2D eigenvalue weighted by atomic mass is 16.7. The molecule has 0 aromatic carbocycles. The molecule has 0 saturated carbocycles. The van der Waals surface area contributed by atoms with Crippen molar-refractivity contribution in [1.82, 2.24) is 0 Å². The molecule has 0 aliphatic rings. The van der Waals surface area contributed by atoms with Crippen LogP contribution in [0, 0.1) is 0 Å². The molecular formula is C51H98NO8+. The molecule has 0 heterocycles. The number of hydrogen-bond acceptors (Lipinski definition) is 7. The lowest BCUT2D eigenvalue weighted by molar-refractivity contribution is -0.870. The lowest BCUT2D eigenvalue weighted by atomic mass is 10.0. The van der Waals surface area contributed by atoms with Crippen LogP contribution in [0.15, 0.2) is 12.2 Å². The Morgan fingerprint density at radius 2 is 0.850 bits per heavy atom. The van der Waals surface area contributed by atoms with Gasteiger partial charge in [0.1, 0.15) is 13.2 Å². The number of carboxylic acids is 1. The van der Waals surface area contributed by atoms with Crippen LogP contribution in [0.1, 0.15) is 239 Å². The van der Waals surface area contributed by atoms with E-state index in [0.717, 1.165) is 38.5 Å². The van der Waals surface area contributed by atoms with Crippen molar-refractivity contribution < 1.29 is 42.9 Å². The molecule has 9 nitrogen and oxygen atoms in total. The van der Waals surface area contributed by atoms with Gasteiger partial charge in [-0.15, -0.1) is 0 Å². The largest absolute Gasteiger partial charge is 0.477 e. The number of likely N-dealkylation sites (N-methyl/N-ethyl adjacent to an activating group) is 1. The van der Waals surface area contributed by atoms with Gasteiger partial charge in [-0.05, 0) is 38.5 Å². The van der Waals surface area contributed by atoms with E-state index in [1.54, 1.807) is 0 Å². The summed E-state index contributed by atoms with van der Waals surface area (Å²) in [7, 11) is 5.96. The van der Waals surface area contributed by atoms with E-state index in [-0.39, 0.29) is 32.2 Å². The first-order chi connectivity index (χ1) is 29.1. The fourth-order valence-corrected chi connectivity index (χ4v) is 7.30. The average molecular weight is 853 g/mol. The third-order valence-corrected chi connectivity index (χ3v) is 11.3. The number of carbonyl (C=O) groups is 3. The summed E-state index contributed by atoms with van der Waals surface area (Å²) in [6, 6.07) is 0. The highest BCUT2D eigenvalue weighted by Crippen LogP contribution is 2.16. The predicted molar refractivity (Wildman–Crippen MR) is 249 cm³/mol. The number of allylic oxidation sites excluding steroid dienone is 2. The number of aliphatic carboxylic acids is 1. The van der Waals surface area contributed by atoms with Crippen molar-refractivity contribution in [2.24, 2.45) is 0 Å². The van der Waals surface area contributed by atoms with Gasteiger partial charge >= 0.3 is 17.9 Å². The summed E-state index contributed by atoms with van der Waals surface area (Å²) in [6.07, 6.45) is 44.7. The first kappa shape index (κ1) is 58.0. The highest BCUT2D eigenvalue weighted by molar-refractivity contribution is 5.71. The van der Waals surface area contributed by atoms with E-state index >= 15 is 0 Å². The number of ether oxygens (including phenoxy) is 4. The maximum atomic E-state index is 12.7. The van der Waals surface area contributed by atoms with Crippen molar-refractivity contribution in [3.8, 4) is 0 Å². The minimum atomic E-state index is -1.50. The minimum absolute atomic E-state index is 0.177. The van der Waals surface area contributed by atoms with Gasteiger partial charge in [0, 0.05) is 12.8 Å². The highest BCUT2D eigenvalue weighted by Gasteiger charge is 2.25. The van der Waals surface area contributed by atoms with Gasteiger partial charge in [-0.3, -0.25) is 9.59 Å². The van der Waals surface area contributed by atoms with Crippen molar-refractivity contribution in [3.05, 3.63) is 12.2 Å². The van der Waals surface area contributed by atoms with Gasteiger partial charge in [-0.1, -0.05) is 199 Å². The Morgan fingerprint density at radius 3 is 1.23 bits per heavy atom. The number of nitrogens with zero attached hydrogens (tertiary/aromatic N) is 1. The monoisotopic (exact) mass is 853 g/mol. The van der Waals surface area contributed by atoms with E-state index in [2.05, 4.69) is 26.0 Å². The quantitative estimate of drug-likeness (QED) is 0.0212. The van der Waals surface area contributed by atoms with E-state index in [1.807, 2.05) is 21.1 Å². The van der Waals surface area contributed by atoms with Gasteiger partial charge in [0.15, 0.2) is 6.10 Å². The van der Waals surface area contributed by atoms with Gasteiger partial charge in [0.2, 0.25) is 0 Å². The normalized spacial score (nSPS) is 12.9. The molecule has 0 fully saturated rings. The SMILES string of the molecule is CCCCCCCCCC/C=C\CCCCCCCCCCCCCCCCCCCC(=O)OC(COC(=O)CCCCCCCC)COC(OCC[N+](C)(C)C)C(=O)O. The molecule has 0 radical (unpaired) electrons. The van der Waals surface area contributed by atoms with Gasteiger partial charge in [-0.25, -0.2) is 4.79 Å². The first-order valence-electron chi connectivity index (χ1n) is 25.4.